The lowest BCUT2D eigenvalue weighted by Crippen LogP contribution is -2.46. The molecule has 0 aliphatic carbocycles. The molecule has 0 atom stereocenters. The number of carbonyl (C=O) groups excluding carboxylic acids is 2. The van der Waals surface area contributed by atoms with Crippen molar-refractivity contribution in [2.24, 2.45) is 0 Å². The van der Waals surface area contributed by atoms with E-state index in [1.807, 2.05) is 23.1 Å². The molecule has 1 saturated heterocycles. The van der Waals surface area contributed by atoms with Crippen LogP contribution in [0.3, 0.4) is 0 Å². The molecule has 2 aromatic rings. The molecule has 0 spiro atoms. The number of thiol groups is 1. The first-order chi connectivity index (χ1) is 12.1. The Morgan fingerprint density at radius 2 is 1.60 bits per heavy atom. The highest BCUT2D eigenvalue weighted by Crippen LogP contribution is 2.20. The molecule has 1 aliphatic rings. The van der Waals surface area contributed by atoms with Crippen LogP contribution in [0.2, 0.25) is 5.02 Å². The average Bonchev–Trinajstić information content (AvgIpc) is 2.62. The van der Waals surface area contributed by atoms with Crippen molar-refractivity contribution in [3.63, 3.8) is 0 Å². The Bertz CT molecular complexity index is 788. The van der Waals surface area contributed by atoms with Crippen molar-refractivity contribution in [3.05, 3.63) is 64.7 Å². The Labute approximate surface area is 157 Å². The van der Waals surface area contributed by atoms with Crippen molar-refractivity contribution < 1.29 is 9.59 Å². The molecule has 1 N–H and O–H groups in total. The topological polar surface area (TPSA) is 49.4 Å². The Morgan fingerprint density at radius 1 is 1.00 bits per heavy atom. The summed E-state index contributed by atoms with van der Waals surface area (Å²) >= 11 is 10.4. The van der Waals surface area contributed by atoms with E-state index in [1.165, 1.54) is 0 Å². The second-order valence-corrected chi connectivity index (χ2v) is 6.93. The molecule has 4 nitrogen and oxygen atoms in total. The fourth-order valence-corrected chi connectivity index (χ4v) is 3.44. The van der Waals surface area contributed by atoms with Crippen LogP contribution in [0, 0.1) is 0 Å². The van der Waals surface area contributed by atoms with E-state index in [0.29, 0.717) is 34.1 Å². The van der Waals surface area contributed by atoms with Crippen molar-refractivity contribution in [1.82, 2.24) is 10.2 Å². The van der Waals surface area contributed by atoms with Crippen molar-refractivity contribution in [3.8, 4) is 0 Å². The van der Waals surface area contributed by atoms with E-state index in [-0.39, 0.29) is 17.9 Å². The molecule has 2 aromatic carbocycles. The zero-order valence-corrected chi connectivity index (χ0v) is 15.3. The third-order valence-corrected chi connectivity index (χ3v) is 5.09. The first-order valence-electron chi connectivity index (χ1n) is 8.19. The number of nitrogens with one attached hydrogen (secondary N) is 1. The van der Waals surface area contributed by atoms with Crippen molar-refractivity contribution >= 4 is 36.0 Å². The number of hydrogen-bond acceptors (Lipinski definition) is 3. The van der Waals surface area contributed by atoms with Gasteiger partial charge in [-0.25, -0.2) is 0 Å². The predicted molar refractivity (Wildman–Crippen MR) is 102 cm³/mol. The van der Waals surface area contributed by atoms with E-state index in [2.05, 4.69) is 17.9 Å². The molecule has 0 aromatic heterocycles. The lowest BCUT2D eigenvalue weighted by atomic mass is 10.0. The van der Waals surface area contributed by atoms with E-state index >= 15 is 0 Å². The molecule has 0 radical (unpaired) electrons. The Morgan fingerprint density at radius 3 is 2.24 bits per heavy atom. The average molecular weight is 375 g/mol. The maximum Gasteiger partial charge on any atom is 0.254 e. The number of nitrogens with zero attached hydrogens (tertiary/aromatic N) is 1. The summed E-state index contributed by atoms with van der Waals surface area (Å²) in [4.78, 5) is 27.4. The number of hydrogen-bond donors (Lipinski definition) is 2. The maximum atomic E-state index is 12.6. The van der Waals surface area contributed by atoms with Crippen LogP contribution in [-0.4, -0.2) is 35.8 Å². The quantitative estimate of drug-likeness (QED) is 0.805. The highest BCUT2D eigenvalue weighted by Gasteiger charge is 2.25. The molecule has 3 rings (SSSR count). The monoisotopic (exact) mass is 374 g/mol. The summed E-state index contributed by atoms with van der Waals surface area (Å²) in [5.74, 6) is -0.183. The van der Waals surface area contributed by atoms with E-state index < -0.39 is 0 Å². The maximum absolute atomic E-state index is 12.6. The van der Waals surface area contributed by atoms with Gasteiger partial charge in [0.05, 0.1) is 16.1 Å². The number of halogens is 1. The molecule has 1 aliphatic heterocycles. The van der Waals surface area contributed by atoms with Gasteiger partial charge in [-0.2, -0.15) is 0 Å². The molecular formula is C19H19ClN2O2S. The summed E-state index contributed by atoms with van der Waals surface area (Å²) in [6, 6.07) is 14.3. The Hall–Kier alpha value is -1.98. The minimum Gasteiger partial charge on any atom is -0.349 e. The van der Waals surface area contributed by atoms with Crippen LogP contribution >= 0.6 is 24.2 Å². The summed E-state index contributed by atoms with van der Waals surface area (Å²) in [5, 5.41) is 3.45. The number of piperidine rings is 1. The third kappa shape index (κ3) is 4.17. The number of benzene rings is 2. The van der Waals surface area contributed by atoms with E-state index in [1.54, 1.807) is 30.3 Å². The molecule has 1 heterocycles. The van der Waals surface area contributed by atoms with Gasteiger partial charge in [-0.3, -0.25) is 9.59 Å². The first-order valence-corrected chi connectivity index (χ1v) is 9.01. The van der Waals surface area contributed by atoms with Crippen LogP contribution in [0.4, 0.5) is 0 Å². The summed E-state index contributed by atoms with van der Waals surface area (Å²) in [6.45, 7) is 1.21. The SMILES string of the molecule is O=C(NC1CCN(C(=O)c2ccccc2S)CC1)c1ccccc1Cl. The van der Waals surface area contributed by atoms with Crippen molar-refractivity contribution in [2.45, 2.75) is 23.8 Å². The largest absolute Gasteiger partial charge is 0.349 e. The van der Waals surface area contributed by atoms with Gasteiger partial charge in [0.2, 0.25) is 0 Å². The number of amides is 2. The van der Waals surface area contributed by atoms with Gasteiger partial charge < -0.3 is 10.2 Å². The fraction of sp³-hybridized carbons (Fsp3) is 0.263. The molecule has 6 heteroatoms. The van der Waals surface area contributed by atoms with Crippen LogP contribution in [0.15, 0.2) is 53.4 Å². The zero-order chi connectivity index (χ0) is 17.8. The minimum absolute atomic E-state index is 0.0125. The standard InChI is InChI=1S/C19H19ClN2O2S/c20-16-7-3-1-5-14(16)18(23)21-13-9-11-22(12-10-13)19(24)15-6-2-4-8-17(15)25/h1-8,13,25H,9-12H2,(H,21,23). The van der Waals surface area contributed by atoms with Gasteiger partial charge in [-0.1, -0.05) is 35.9 Å². The first kappa shape index (κ1) is 17.8. The number of rotatable bonds is 3. The summed E-state index contributed by atoms with van der Waals surface area (Å²) < 4.78 is 0. The van der Waals surface area contributed by atoms with Gasteiger partial charge in [0.1, 0.15) is 0 Å². The molecular weight excluding hydrogens is 356 g/mol. The van der Waals surface area contributed by atoms with Crippen LogP contribution < -0.4 is 5.32 Å². The lowest BCUT2D eigenvalue weighted by molar-refractivity contribution is 0.0695. The second kappa shape index (κ2) is 7.93. The van der Waals surface area contributed by atoms with Crippen LogP contribution in [0.25, 0.3) is 0 Å². The minimum atomic E-state index is -0.170. The Balaban J connectivity index is 1.57. The van der Waals surface area contributed by atoms with E-state index in [0.717, 1.165) is 12.8 Å². The molecule has 0 saturated carbocycles. The van der Waals surface area contributed by atoms with Crippen molar-refractivity contribution in [2.75, 3.05) is 13.1 Å². The molecule has 0 unspecified atom stereocenters. The zero-order valence-electron chi connectivity index (χ0n) is 13.6. The van der Waals surface area contributed by atoms with Gasteiger partial charge >= 0.3 is 0 Å². The van der Waals surface area contributed by atoms with Gasteiger partial charge in [0, 0.05) is 24.0 Å². The number of carbonyl (C=O) groups is 2. The molecule has 2 amide bonds. The normalized spacial score (nSPS) is 15.0. The molecule has 1 fully saturated rings. The highest BCUT2D eigenvalue weighted by molar-refractivity contribution is 7.80. The summed E-state index contributed by atoms with van der Waals surface area (Å²) in [7, 11) is 0. The van der Waals surface area contributed by atoms with Gasteiger partial charge in [-0.05, 0) is 37.1 Å². The van der Waals surface area contributed by atoms with Crippen LogP contribution in [0.5, 0.6) is 0 Å². The molecule has 25 heavy (non-hydrogen) atoms. The van der Waals surface area contributed by atoms with Crippen LogP contribution in [-0.2, 0) is 0 Å². The fourth-order valence-electron chi connectivity index (χ4n) is 2.96. The molecule has 130 valence electrons. The van der Waals surface area contributed by atoms with Gasteiger partial charge in [0.15, 0.2) is 0 Å². The number of likely N-dealkylation sites (tertiary alicyclic amines) is 1. The van der Waals surface area contributed by atoms with Gasteiger partial charge in [0.25, 0.3) is 11.8 Å². The third-order valence-electron chi connectivity index (χ3n) is 4.37. The molecule has 0 bridgehead atoms. The predicted octanol–water partition coefficient (Wildman–Crippen LogP) is 3.66. The van der Waals surface area contributed by atoms with Gasteiger partial charge in [-0.15, -0.1) is 12.6 Å². The van der Waals surface area contributed by atoms with E-state index in [9.17, 15) is 9.59 Å². The van der Waals surface area contributed by atoms with E-state index in [4.69, 9.17) is 11.6 Å². The van der Waals surface area contributed by atoms with Crippen LogP contribution in [0.1, 0.15) is 33.6 Å². The lowest BCUT2D eigenvalue weighted by Gasteiger charge is -2.32. The Kier molecular flexibility index (Phi) is 5.66. The summed E-state index contributed by atoms with van der Waals surface area (Å²) in [5.41, 5.74) is 1.09. The highest BCUT2D eigenvalue weighted by atomic mass is 35.5. The van der Waals surface area contributed by atoms with Crippen molar-refractivity contribution in [1.29, 1.82) is 0 Å². The summed E-state index contributed by atoms with van der Waals surface area (Å²) in [6.07, 6.45) is 1.44. The smallest absolute Gasteiger partial charge is 0.254 e. The second-order valence-electron chi connectivity index (χ2n) is 6.04.